The van der Waals surface area contributed by atoms with Crippen molar-refractivity contribution in [2.24, 2.45) is 0 Å². The highest BCUT2D eigenvalue weighted by atomic mass is 19.4. The predicted octanol–water partition coefficient (Wildman–Crippen LogP) is 2.41. The second kappa shape index (κ2) is 3.94. The molecule has 0 aliphatic rings. The van der Waals surface area contributed by atoms with Gasteiger partial charge in [-0.25, -0.2) is 0 Å². The van der Waals surface area contributed by atoms with Gasteiger partial charge in [0.05, 0.1) is 0 Å². The van der Waals surface area contributed by atoms with Crippen molar-refractivity contribution >= 4 is 0 Å². The van der Waals surface area contributed by atoms with Crippen LogP contribution in [-0.2, 0) is 5.60 Å². The van der Waals surface area contributed by atoms with E-state index < -0.39 is 35.0 Å². The summed E-state index contributed by atoms with van der Waals surface area (Å²) in [6.45, 7) is 0. The summed E-state index contributed by atoms with van der Waals surface area (Å²) in [5.74, 6) is -2.27. The minimum Gasteiger partial charge on any atom is -0.508 e. The Morgan fingerprint density at radius 3 is 1.61 bits per heavy atom. The fraction of sp³-hybridized carbons (Fsp3) is 0.333. The molecule has 0 amide bonds. The summed E-state index contributed by atoms with van der Waals surface area (Å²) in [6.07, 6.45) is -12.2. The fourth-order valence-electron chi connectivity index (χ4n) is 1.29. The van der Waals surface area contributed by atoms with Crippen LogP contribution in [0.25, 0.3) is 0 Å². The van der Waals surface area contributed by atoms with Crippen LogP contribution < -0.4 is 0 Å². The average Bonchev–Trinajstić information content (AvgIpc) is 2.12. The van der Waals surface area contributed by atoms with Crippen LogP contribution in [0, 0.1) is 0 Å². The van der Waals surface area contributed by atoms with Crippen molar-refractivity contribution in [1.82, 2.24) is 0 Å². The number of alkyl halides is 6. The number of hydrogen-bond acceptors (Lipinski definition) is 3. The number of halogens is 6. The number of phenolic OH excluding ortho intramolecular Hbond substituents is 2. The monoisotopic (exact) mass is 276 g/mol. The Labute approximate surface area is 95.9 Å². The molecule has 0 saturated carbocycles. The number of phenols is 2. The van der Waals surface area contributed by atoms with E-state index in [1.54, 1.807) is 0 Å². The summed E-state index contributed by atoms with van der Waals surface area (Å²) >= 11 is 0. The van der Waals surface area contributed by atoms with Gasteiger partial charge in [0.15, 0.2) is 0 Å². The molecule has 0 spiro atoms. The zero-order chi connectivity index (χ0) is 14.4. The molecule has 0 unspecified atom stereocenters. The van der Waals surface area contributed by atoms with Gasteiger partial charge in [-0.3, -0.25) is 0 Å². The Bertz CT molecular complexity index is 437. The Hall–Kier alpha value is -1.64. The van der Waals surface area contributed by atoms with E-state index in [9.17, 15) is 26.3 Å². The number of benzene rings is 1. The first-order valence-electron chi connectivity index (χ1n) is 4.29. The first-order chi connectivity index (χ1) is 7.91. The topological polar surface area (TPSA) is 60.7 Å². The van der Waals surface area contributed by atoms with Gasteiger partial charge in [-0.1, -0.05) is 0 Å². The van der Waals surface area contributed by atoms with Crippen molar-refractivity contribution in [1.29, 1.82) is 0 Å². The Balaban J connectivity index is 3.56. The highest BCUT2D eigenvalue weighted by molar-refractivity contribution is 5.44. The molecule has 1 aromatic carbocycles. The lowest BCUT2D eigenvalue weighted by atomic mass is 9.91. The molecule has 0 radical (unpaired) electrons. The highest BCUT2D eigenvalue weighted by Gasteiger charge is 2.72. The second-order valence-electron chi connectivity index (χ2n) is 3.41. The van der Waals surface area contributed by atoms with Crippen LogP contribution in [0.3, 0.4) is 0 Å². The third-order valence-corrected chi connectivity index (χ3v) is 2.19. The van der Waals surface area contributed by atoms with E-state index >= 15 is 0 Å². The van der Waals surface area contributed by atoms with Crippen molar-refractivity contribution in [2.45, 2.75) is 18.0 Å². The number of aliphatic hydroxyl groups is 1. The van der Waals surface area contributed by atoms with Gasteiger partial charge in [0, 0.05) is 11.6 Å². The summed E-state index contributed by atoms with van der Waals surface area (Å²) in [6, 6.07) is 0.890. The van der Waals surface area contributed by atoms with Crippen LogP contribution in [0.2, 0.25) is 0 Å². The SMILES string of the molecule is Oc1ccc(C(O)(C(F)(F)F)C(F)(F)F)c(O)c1. The maximum Gasteiger partial charge on any atom is 0.430 e. The van der Waals surface area contributed by atoms with Crippen LogP contribution in [0.15, 0.2) is 18.2 Å². The van der Waals surface area contributed by atoms with Crippen molar-refractivity contribution < 1.29 is 41.7 Å². The molecule has 0 heterocycles. The van der Waals surface area contributed by atoms with E-state index in [2.05, 4.69) is 0 Å². The molecule has 18 heavy (non-hydrogen) atoms. The maximum absolute atomic E-state index is 12.4. The van der Waals surface area contributed by atoms with Gasteiger partial charge in [0.2, 0.25) is 0 Å². The summed E-state index contributed by atoms with van der Waals surface area (Å²) in [7, 11) is 0. The number of aromatic hydroxyl groups is 2. The summed E-state index contributed by atoms with van der Waals surface area (Å²) in [5.41, 5.74) is -7.02. The van der Waals surface area contributed by atoms with Crippen LogP contribution in [-0.4, -0.2) is 27.7 Å². The first kappa shape index (κ1) is 14.4. The van der Waals surface area contributed by atoms with E-state index in [0.717, 1.165) is 0 Å². The normalized spacial score (nSPS) is 13.7. The largest absolute Gasteiger partial charge is 0.508 e. The van der Waals surface area contributed by atoms with Gasteiger partial charge in [-0.05, 0) is 12.1 Å². The smallest absolute Gasteiger partial charge is 0.430 e. The molecule has 0 fully saturated rings. The Kier molecular flexibility index (Phi) is 3.16. The first-order valence-corrected chi connectivity index (χ1v) is 4.29. The zero-order valence-electron chi connectivity index (χ0n) is 8.34. The molecule has 1 rings (SSSR count). The van der Waals surface area contributed by atoms with E-state index in [1.807, 2.05) is 0 Å². The molecule has 102 valence electrons. The van der Waals surface area contributed by atoms with Crippen molar-refractivity contribution in [3.8, 4) is 11.5 Å². The molecule has 9 heteroatoms. The molecule has 0 atom stereocenters. The molecular weight excluding hydrogens is 270 g/mol. The third-order valence-electron chi connectivity index (χ3n) is 2.19. The molecule has 0 bridgehead atoms. The highest BCUT2D eigenvalue weighted by Crippen LogP contribution is 2.52. The minimum atomic E-state index is -6.08. The van der Waals surface area contributed by atoms with E-state index in [0.29, 0.717) is 6.07 Å². The Morgan fingerprint density at radius 1 is 0.833 bits per heavy atom. The summed E-state index contributed by atoms with van der Waals surface area (Å²) in [4.78, 5) is 0. The second-order valence-corrected chi connectivity index (χ2v) is 3.41. The number of hydrogen-bond donors (Lipinski definition) is 3. The van der Waals surface area contributed by atoms with E-state index in [-0.39, 0.29) is 12.1 Å². The van der Waals surface area contributed by atoms with Gasteiger partial charge in [-0.2, -0.15) is 26.3 Å². The molecule has 0 aliphatic heterocycles. The van der Waals surface area contributed by atoms with Crippen LogP contribution in [0.1, 0.15) is 5.56 Å². The Morgan fingerprint density at radius 2 is 1.28 bits per heavy atom. The van der Waals surface area contributed by atoms with Gasteiger partial charge >= 0.3 is 12.4 Å². The lowest BCUT2D eigenvalue weighted by Gasteiger charge is -2.32. The predicted molar refractivity (Wildman–Crippen MR) is 45.8 cm³/mol. The molecule has 1 aromatic rings. The van der Waals surface area contributed by atoms with Gasteiger partial charge < -0.3 is 15.3 Å². The third kappa shape index (κ3) is 2.05. The molecular formula is C9H6F6O3. The number of rotatable bonds is 1. The molecule has 0 aliphatic carbocycles. The van der Waals surface area contributed by atoms with Crippen LogP contribution >= 0.6 is 0 Å². The van der Waals surface area contributed by atoms with Gasteiger partial charge in [-0.15, -0.1) is 0 Å². The average molecular weight is 276 g/mol. The summed E-state index contributed by atoms with van der Waals surface area (Å²) < 4.78 is 74.5. The van der Waals surface area contributed by atoms with E-state index in [4.69, 9.17) is 15.3 Å². The molecule has 0 aromatic heterocycles. The van der Waals surface area contributed by atoms with Crippen molar-refractivity contribution in [3.05, 3.63) is 23.8 Å². The lowest BCUT2D eigenvalue weighted by molar-refractivity contribution is -0.376. The van der Waals surface area contributed by atoms with Gasteiger partial charge in [0.1, 0.15) is 11.5 Å². The maximum atomic E-state index is 12.4. The lowest BCUT2D eigenvalue weighted by Crippen LogP contribution is -2.53. The van der Waals surface area contributed by atoms with Crippen LogP contribution in [0.5, 0.6) is 11.5 Å². The minimum absolute atomic E-state index is 0.144. The summed E-state index contributed by atoms with van der Waals surface area (Å²) in [5, 5.41) is 26.8. The fourth-order valence-corrected chi connectivity index (χ4v) is 1.29. The molecule has 3 N–H and O–H groups in total. The molecule has 0 saturated heterocycles. The standard InChI is InChI=1S/C9H6F6O3/c10-8(11,12)7(18,9(13,14)15)5-2-1-4(16)3-6(5)17/h1-3,16-18H. The van der Waals surface area contributed by atoms with Gasteiger partial charge in [0.25, 0.3) is 5.60 Å². The van der Waals surface area contributed by atoms with E-state index in [1.165, 1.54) is 0 Å². The zero-order valence-corrected chi connectivity index (χ0v) is 8.34. The van der Waals surface area contributed by atoms with Crippen molar-refractivity contribution in [2.75, 3.05) is 0 Å². The quantitative estimate of drug-likeness (QED) is 0.690. The van der Waals surface area contributed by atoms with Crippen molar-refractivity contribution in [3.63, 3.8) is 0 Å². The molecule has 3 nitrogen and oxygen atoms in total. The van der Waals surface area contributed by atoms with Crippen LogP contribution in [0.4, 0.5) is 26.3 Å².